The van der Waals surface area contributed by atoms with Crippen LogP contribution in [-0.2, 0) is 22.1 Å². The summed E-state index contributed by atoms with van der Waals surface area (Å²) in [5.41, 5.74) is 3.16. The molecule has 1 aromatic carbocycles. The first-order valence-electron chi connectivity index (χ1n) is 14.0. The van der Waals surface area contributed by atoms with Gasteiger partial charge in [-0.2, -0.15) is 17.6 Å². The van der Waals surface area contributed by atoms with Crippen molar-refractivity contribution >= 4 is 34.2 Å². The van der Waals surface area contributed by atoms with Crippen molar-refractivity contribution in [2.24, 2.45) is 11.7 Å². The van der Waals surface area contributed by atoms with E-state index in [1.807, 2.05) is 0 Å². The molecule has 234 valence electrons. The van der Waals surface area contributed by atoms with Crippen molar-refractivity contribution in [1.29, 1.82) is 0 Å². The highest BCUT2D eigenvalue weighted by molar-refractivity contribution is 7.14. The number of aliphatic carboxylic acids is 1. The monoisotopic (exact) mass is 624 g/mol. The Balaban J connectivity index is 1.99. The molecule has 0 aliphatic heterocycles. The number of carboxylic acid groups (broad SMARTS) is 1. The molecule has 13 heteroatoms. The normalized spacial score (nSPS) is 13.8. The second-order valence-corrected chi connectivity index (χ2v) is 11.5. The van der Waals surface area contributed by atoms with Crippen molar-refractivity contribution in [3.63, 3.8) is 0 Å². The number of hydrogen-bond donors (Lipinski definition) is 2. The van der Waals surface area contributed by atoms with E-state index in [2.05, 4.69) is 16.9 Å². The largest absolute Gasteiger partial charge is 0.480 e. The fourth-order valence-corrected chi connectivity index (χ4v) is 5.12. The topological polar surface area (TPSA) is 119 Å². The number of benzene rings is 1. The van der Waals surface area contributed by atoms with Crippen LogP contribution < -0.4 is 10.6 Å². The van der Waals surface area contributed by atoms with E-state index in [9.17, 15) is 27.9 Å². The predicted octanol–water partition coefficient (Wildman–Crippen LogP) is 7.98. The highest BCUT2D eigenvalue weighted by Crippen LogP contribution is 2.40. The maximum absolute atomic E-state index is 15.1. The Labute approximate surface area is 251 Å². The lowest BCUT2D eigenvalue weighted by Crippen LogP contribution is -2.52. The molecule has 2 unspecified atom stereocenters. The first kappa shape index (κ1) is 33.9. The van der Waals surface area contributed by atoms with Gasteiger partial charge in [-0.05, 0) is 49.6 Å². The van der Waals surface area contributed by atoms with Crippen molar-refractivity contribution in [2.75, 3.05) is 11.5 Å². The lowest BCUT2D eigenvalue weighted by molar-refractivity contribution is -0.145. The standard InChI is InChI=1S/C30H36F4N4O4S/c1-4-5-6-7-8-9-11-20-13-14-22(16-23(20)30(32,33)34)38(28(41)42-18-19(2)29(3,35)26(39)40)27-37-24(25(31)43-27)21-12-10-15-36-17-21/h10,12-17,19H,4-9,11,18,35H2,1-3H3,(H,39,40). The van der Waals surface area contributed by atoms with Gasteiger partial charge in [0.25, 0.3) is 0 Å². The lowest BCUT2D eigenvalue weighted by Gasteiger charge is -2.28. The van der Waals surface area contributed by atoms with Crippen LogP contribution in [0.4, 0.5) is 33.2 Å². The Morgan fingerprint density at radius 3 is 2.47 bits per heavy atom. The number of carbonyl (C=O) groups excluding carboxylic acids is 1. The number of aromatic nitrogens is 2. The summed E-state index contributed by atoms with van der Waals surface area (Å²) in [4.78, 5) is 33.8. The summed E-state index contributed by atoms with van der Waals surface area (Å²) in [6.07, 6.45) is 2.61. The van der Waals surface area contributed by atoms with Crippen molar-refractivity contribution in [2.45, 2.75) is 77.4 Å². The van der Waals surface area contributed by atoms with Crippen LogP contribution in [-0.4, -0.2) is 39.3 Å². The molecule has 0 bridgehead atoms. The summed E-state index contributed by atoms with van der Waals surface area (Å²) < 4.78 is 63.1. The fourth-order valence-electron chi connectivity index (χ4n) is 4.29. The molecule has 0 aliphatic rings. The minimum absolute atomic E-state index is 0.0791. The third kappa shape index (κ3) is 8.73. The molecular formula is C30H36F4N4O4S. The molecule has 8 nitrogen and oxygen atoms in total. The van der Waals surface area contributed by atoms with E-state index in [0.717, 1.165) is 43.1 Å². The summed E-state index contributed by atoms with van der Waals surface area (Å²) in [6.45, 7) is 4.32. The Kier molecular flexibility index (Phi) is 11.6. The quantitative estimate of drug-likeness (QED) is 0.138. The molecule has 2 heterocycles. The molecule has 3 aromatic rings. The molecule has 0 fully saturated rings. The van der Waals surface area contributed by atoms with Crippen LogP contribution in [0.5, 0.6) is 0 Å². The molecule has 0 spiro atoms. The lowest BCUT2D eigenvalue weighted by atomic mass is 9.89. The van der Waals surface area contributed by atoms with Crippen LogP contribution in [0, 0.1) is 11.0 Å². The smallest absolute Gasteiger partial charge is 0.420 e. The number of aryl methyl sites for hydroxylation is 1. The Hall–Kier alpha value is -3.58. The number of carboxylic acids is 1. The molecule has 0 saturated carbocycles. The third-order valence-corrected chi connectivity index (χ3v) is 8.11. The number of hydrogen-bond acceptors (Lipinski definition) is 7. The van der Waals surface area contributed by atoms with Gasteiger partial charge >= 0.3 is 18.2 Å². The zero-order chi connectivity index (χ0) is 31.8. The number of nitrogens with zero attached hydrogens (tertiary/aromatic N) is 3. The van der Waals surface area contributed by atoms with Crippen LogP contribution in [0.3, 0.4) is 0 Å². The number of rotatable bonds is 14. The van der Waals surface area contributed by atoms with Crippen molar-refractivity contribution in [1.82, 2.24) is 9.97 Å². The molecule has 1 amide bonds. The van der Waals surface area contributed by atoms with Crippen LogP contribution in [0.2, 0.25) is 0 Å². The van der Waals surface area contributed by atoms with Crippen molar-refractivity contribution < 1.29 is 37.0 Å². The Morgan fingerprint density at radius 2 is 1.84 bits per heavy atom. The summed E-state index contributed by atoms with van der Waals surface area (Å²) in [5, 5.41) is 8.33. The van der Waals surface area contributed by atoms with E-state index in [-0.39, 0.29) is 28.5 Å². The van der Waals surface area contributed by atoms with E-state index >= 15 is 4.39 Å². The third-order valence-electron chi connectivity index (χ3n) is 7.28. The van der Waals surface area contributed by atoms with Gasteiger partial charge in [0.1, 0.15) is 11.2 Å². The SMILES string of the molecule is CCCCCCCCc1ccc(N(C(=O)OCC(C)C(C)(N)C(=O)O)c2nc(-c3cccnc3)c(F)s2)cc1C(F)(F)F. The molecule has 3 N–H and O–H groups in total. The van der Waals surface area contributed by atoms with Gasteiger partial charge in [0.15, 0.2) is 0 Å². The number of halogens is 4. The second-order valence-electron chi connectivity index (χ2n) is 10.6. The predicted molar refractivity (Wildman–Crippen MR) is 157 cm³/mol. The minimum Gasteiger partial charge on any atom is -0.480 e. The fraction of sp³-hybridized carbons (Fsp3) is 0.467. The summed E-state index contributed by atoms with van der Waals surface area (Å²) >= 11 is 0.445. The Bertz CT molecular complexity index is 1380. The summed E-state index contributed by atoms with van der Waals surface area (Å²) in [7, 11) is 0. The number of pyridine rings is 1. The van der Waals surface area contributed by atoms with Crippen LogP contribution in [0.1, 0.15) is 70.4 Å². The highest BCUT2D eigenvalue weighted by atomic mass is 32.1. The maximum atomic E-state index is 15.1. The number of anilines is 2. The van der Waals surface area contributed by atoms with Gasteiger partial charge in [0.05, 0.1) is 17.9 Å². The zero-order valence-corrected chi connectivity index (χ0v) is 25.1. The number of ether oxygens (including phenoxy) is 1. The molecule has 2 atom stereocenters. The number of unbranched alkanes of at least 4 members (excludes halogenated alkanes) is 5. The second kappa shape index (κ2) is 14.7. The van der Waals surface area contributed by atoms with Crippen LogP contribution >= 0.6 is 11.3 Å². The average molecular weight is 625 g/mol. The summed E-state index contributed by atoms with van der Waals surface area (Å²) in [6, 6.07) is 6.57. The number of alkyl halides is 3. The van der Waals surface area contributed by atoms with E-state index in [4.69, 9.17) is 10.5 Å². The number of amides is 1. The first-order chi connectivity index (χ1) is 20.3. The van der Waals surface area contributed by atoms with Gasteiger partial charge in [-0.3, -0.25) is 9.78 Å². The van der Waals surface area contributed by atoms with Gasteiger partial charge in [-0.15, -0.1) is 0 Å². The van der Waals surface area contributed by atoms with E-state index in [0.29, 0.717) is 23.3 Å². The van der Waals surface area contributed by atoms with E-state index in [1.54, 1.807) is 12.1 Å². The maximum Gasteiger partial charge on any atom is 0.420 e. The molecular weight excluding hydrogens is 588 g/mol. The van der Waals surface area contributed by atoms with Gasteiger partial charge in [-0.25, -0.2) is 14.7 Å². The summed E-state index contributed by atoms with van der Waals surface area (Å²) in [5.74, 6) is -2.20. The van der Waals surface area contributed by atoms with E-state index in [1.165, 1.54) is 38.4 Å². The minimum atomic E-state index is -4.73. The van der Waals surface area contributed by atoms with Crippen LogP contribution in [0.25, 0.3) is 11.3 Å². The molecule has 0 saturated heterocycles. The highest BCUT2D eigenvalue weighted by Gasteiger charge is 2.38. The molecule has 0 aliphatic carbocycles. The van der Waals surface area contributed by atoms with Crippen molar-refractivity contribution in [3.05, 3.63) is 59.0 Å². The number of nitrogens with two attached hydrogens (primary N) is 1. The van der Waals surface area contributed by atoms with Gasteiger partial charge in [0.2, 0.25) is 10.3 Å². The Morgan fingerprint density at radius 1 is 1.14 bits per heavy atom. The first-order valence-corrected chi connectivity index (χ1v) is 14.8. The van der Waals surface area contributed by atoms with Crippen molar-refractivity contribution in [3.8, 4) is 11.3 Å². The molecule has 0 radical (unpaired) electrons. The molecule has 2 aromatic heterocycles. The number of carbonyl (C=O) groups is 2. The van der Waals surface area contributed by atoms with Gasteiger partial charge in [0, 0.05) is 23.9 Å². The van der Waals surface area contributed by atoms with Gasteiger partial charge < -0.3 is 15.6 Å². The van der Waals surface area contributed by atoms with Gasteiger partial charge in [-0.1, -0.05) is 63.4 Å². The van der Waals surface area contributed by atoms with Crippen LogP contribution in [0.15, 0.2) is 42.7 Å². The molecule has 3 rings (SSSR count). The molecule has 43 heavy (non-hydrogen) atoms. The average Bonchev–Trinajstić information content (AvgIpc) is 3.34. The number of thiazole rings is 1. The zero-order valence-electron chi connectivity index (χ0n) is 24.3. The van der Waals surface area contributed by atoms with E-state index < -0.39 is 47.0 Å².